The maximum absolute atomic E-state index is 12.2. The number of ether oxygens (including phenoxy) is 1. The molecule has 8 nitrogen and oxygen atoms in total. The Labute approximate surface area is 209 Å². The van der Waals surface area contributed by atoms with Gasteiger partial charge in [-0.1, -0.05) is 12.1 Å². The molecule has 1 heterocycles. The summed E-state index contributed by atoms with van der Waals surface area (Å²) in [6.07, 6.45) is 1.21. The molecule has 1 atom stereocenters. The van der Waals surface area contributed by atoms with Gasteiger partial charge in [0, 0.05) is 45.8 Å². The predicted molar refractivity (Wildman–Crippen MR) is 139 cm³/mol. The van der Waals surface area contributed by atoms with E-state index in [9.17, 15) is 9.59 Å². The smallest absolute Gasteiger partial charge is 0.407 e. The highest BCUT2D eigenvalue weighted by Gasteiger charge is 2.27. The van der Waals surface area contributed by atoms with Crippen molar-refractivity contribution >= 4 is 41.9 Å². The van der Waals surface area contributed by atoms with E-state index in [-0.39, 0.29) is 42.0 Å². The van der Waals surface area contributed by atoms with Crippen molar-refractivity contribution < 1.29 is 14.3 Å². The molecule has 0 spiro atoms. The highest BCUT2D eigenvalue weighted by molar-refractivity contribution is 14.0. The van der Waals surface area contributed by atoms with Crippen molar-refractivity contribution in [2.75, 3.05) is 40.3 Å². The van der Waals surface area contributed by atoms with E-state index in [4.69, 9.17) is 9.73 Å². The molecule has 180 valence electrons. The molecular weight excluding hydrogens is 521 g/mol. The Bertz CT molecular complexity index is 792. The number of benzene rings is 1. The normalized spacial score (nSPS) is 16.2. The number of likely N-dealkylation sites (tertiary alicyclic amines) is 1. The average molecular weight is 559 g/mol. The lowest BCUT2D eigenvalue weighted by Crippen LogP contribution is -2.44. The zero-order chi connectivity index (χ0) is 23.0. The van der Waals surface area contributed by atoms with Gasteiger partial charge >= 0.3 is 6.09 Å². The number of hydrogen-bond donors (Lipinski definition) is 2. The van der Waals surface area contributed by atoms with Gasteiger partial charge in [-0.15, -0.1) is 24.0 Å². The van der Waals surface area contributed by atoms with Crippen LogP contribution in [0, 0.1) is 0 Å². The van der Waals surface area contributed by atoms with Crippen LogP contribution in [0.1, 0.15) is 50.0 Å². The van der Waals surface area contributed by atoms with Crippen LogP contribution in [0.5, 0.6) is 0 Å². The zero-order valence-electron chi connectivity index (χ0n) is 20.1. The third-order valence-electron chi connectivity index (χ3n) is 4.79. The first kappa shape index (κ1) is 28.0. The second kappa shape index (κ2) is 12.9. The molecule has 1 aliphatic rings. The van der Waals surface area contributed by atoms with Gasteiger partial charge in [0.1, 0.15) is 5.60 Å². The molecule has 0 bridgehead atoms. The number of alkyl carbamates (subject to hydrolysis) is 1. The van der Waals surface area contributed by atoms with Crippen molar-refractivity contribution in [1.29, 1.82) is 0 Å². The van der Waals surface area contributed by atoms with E-state index in [1.54, 1.807) is 19.0 Å². The molecule has 32 heavy (non-hydrogen) atoms. The number of carbonyl (C=O) groups excluding carboxylic acids is 2. The molecule has 2 amide bonds. The minimum Gasteiger partial charge on any atom is -0.444 e. The van der Waals surface area contributed by atoms with Gasteiger partial charge in [0.15, 0.2) is 5.96 Å². The highest BCUT2D eigenvalue weighted by atomic mass is 127. The molecule has 1 aliphatic heterocycles. The van der Waals surface area contributed by atoms with E-state index in [2.05, 4.69) is 15.5 Å². The molecule has 2 rings (SSSR count). The minimum absolute atomic E-state index is 0. The minimum atomic E-state index is -0.507. The molecular formula is C23H38IN5O3. The van der Waals surface area contributed by atoms with Crippen LogP contribution in [0.2, 0.25) is 0 Å². The summed E-state index contributed by atoms with van der Waals surface area (Å²) >= 11 is 0. The lowest BCUT2D eigenvalue weighted by molar-refractivity contribution is 0.0507. The number of nitrogens with zero attached hydrogens (tertiary/aromatic N) is 3. The van der Waals surface area contributed by atoms with Crippen molar-refractivity contribution in [2.45, 2.75) is 52.2 Å². The second-order valence-electron chi connectivity index (χ2n) is 8.96. The molecule has 1 saturated heterocycles. The van der Waals surface area contributed by atoms with Crippen molar-refractivity contribution in [3.8, 4) is 0 Å². The van der Waals surface area contributed by atoms with Crippen molar-refractivity contribution in [3.05, 3.63) is 35.4 Å². The largest absolute Gasteiger partial charge is 0.444 e. The molecule has 1 unspecified atom stereocenters. The van der Waals surface area contributed by atoms with E-state index >= 15 is 0 Å². The van der Waals surface area contributed by atoms with E-state index in [1.807, 2.05) is 52.0 Å². The fourth-order valence-corrected chi connectivity index (χ4v) is 3.38. The molecule has 0 aliphatic carbocycles. The number of halogens is 1. The van der Waals surface area contributed by atoms with Crippen molar-refractivity contribution in [2.24, 2.45) is 4.99 Å². The topological polar surface area (TPSA) is 86.3 Å². The Morgan fingerprint density at radius 2 is 2.00 bits per heavy atom. The highest BCUT2D eigenvalue weighted by Crippen LogP contribution is 2.13. The first-order valence-electron chi connectivity index (χ1n) is 10.9. The van der Waals surface area contributed by atoms with Crippen LogP contribution < -0.4 is 10.6 Å². The number of aliphatic imine (C=N–C) groups is 1. The molecule has 1 fully saturated rings. The summed E-state index contributed by atoms with van der Waals surface area (Å²) in [5.41, 5.74) is 1.26. The third kappa shape index (κ3) is 9.22. The summed E-state index contributed by atoms with van der Waals surface area (Å²) < 4.78 is 5.36. The van der Waals surface area contributed by atoms with Gasteiger partial charge in [0.05, 0.1) is 6.04 Å². The number of carbonyl (C=O) groups is 2. The first-order chi connectivity index (χ1) is 14.6. The number of rotatable bonds is 6. The van der Waals surface area contributed by atoms with Crippen LogP contribution in [-0.2, 0) is 11.2 Å². The maximum Gasteiger partial charge on any atom is 0.407 e. The molecule has 0 aromatic heterocycles. The molecule has 9 heteroatoms. The fourth-order valence-electron chi connectivity index (χ4n) is 3.38. The maximum atomic E-state index is 12.2. The van der Waals surface area contributed by atoms with E-state index in [0.29, 0.717) is 18.7 Å². The Kier molecular flexibility index (Phi) is 11.2. The van der Waals surface area contributed by atoms with Crippen LogP contribution in [-0.4, -0.2) is 79.7 Å². The Morgan fingerprint density at radius 1 is 1.28 bits per heavy atom. The lowest BCUT2D eigenvalue weighted by Gasteiger charge is -2.23. The van der Waals surface area contributed by atoms with E-state index < -0.39 is 5.60 Å². The number of nitrogens with one attached hydrogen (secondary N) is 2. The summed E-state index contributed by atoms with van der Waals surface area (Å²) in [6.45, 7) is 10.5. The molecule has 2 N–H and O–H groups in total. The molecule has 0 radical (unpaired) electrons. The van der Waals surface area contributed by atoms with Crippen LogP contribution in [0.15, 0.2) is 29.3 Å². The summed E-state index contributed by atoms with van der Waals surface area (Å²) in [6, 6.07) is 7.73. The monoisotopic (exact) mass is 559 g/mol. The van der Waals surface area contributed by atoms with Gasteiger partial charge in [0.25, 0.3) is 5.91 Å². The van der Waals surface area contributed by atoms with Gasteiger partial charge in [-0.3, -0.25) is 9.79 Å². The zero-order valence-corrected chi connectivity index (χ0v) is 22.4. The van der Waals surface area contributed by atoms with Crippen molar-refractivity contribution in [1.82, 2.24) is 20.4 Å². The summed E-state index contributed by atoms with van der Waals surface area (Å²) in [5.74, 6) is 0.843. The van der Waals surface area contributed by atoms with Gasteiger partial charge < -0.3 is 25.2 Å². The summed E-state index contributed by atoms with van der Waals surface area (Å²) in [5, 5.41) is 6.29. The molecule has 1 aromatic carbocycles. The molecule has 0 saturated carbocycles. The first-order valence-corrected chi connectivity index (χ1v) is 10.9. The van der Waals surface area contributed by atoms with Gasteiger partial charge in [0.2, 0.25) is 0 Å². The lowest BCUT2D eigenvalue weighted by atomic mass is 10.1. The fraction of sp³-hybridized carbons (Fsp3) is 0.609. The standard InChI is InChI=1S/C23H37N5O3.HI/c1-7-24-21(28-14-12-19(16-28)26-22(30)31-23(2,3)4)25-13-11-17-9-8-10-18(15-17)20(29)27(5)6;/h8-10,15,19H,7,11-14,16H2,1-6H3,(H,24,25)(H,26,30);1H. The van der Waals surface area contributed by atoms with Gasteiger partial charge in [-0.2, -0.15) is 0 Å². The van der Waals surface area contributed by atoms with Crippen molar-refractivity contribution in [3.63, 3.8) is 0 Å². The number of guanidine groups is 1. The quantitative estimate of drug-likeness (QED) is 0.318. The van der Waals surface area contributed by atoms with Gasteiger partial charge in [-0.05, 0) is 58.2 Å². The Balaban J connectivity index is 0.00000512. The van der Waals surface area contributed by atoms with Crippen LogP contribution in [0.3, 0.4) is 0 Å². The molecule has 1 aromatic rings. The predicted octanol–water partition coefficient (Wildman–Crippen LogP) is 3.11. The van der Waals surface area contributed by atoms with Gasteiger partial charge in [-0.25, -0.2) is 4.79 Å². The Hall–Kier alpha value is -2.04. The second-order valence-corrected chi connectivity index (χ2v) is 8.96. The summed E-state index contributed by atoms with van der Waals surface area (Å²) in [4.78, 5) is 32.7. The van der Waals surface area contributed by atoms with Crippen LogP contribution in [0.4, 0.5) is 4.79 Å². The SMILES string of the molecule is CCNC(=NCCc1cccc(C(=O)N(C)C)c1)N1CCC(NC(=O)OC(C)(C)C)C1.I. The van der Waals surface area contributed by atoms with E-state index in [1.165, 1.54) is 0 Å². The summed E-state index contributed by atoms with van der Waals surface area (Å²) in [7, 11) is 3.51. The van der Waals surface area contributed by atoms with Crippen LogP contribution in [0.25, 0.3) is 0 Å². The van der Waals surface area contributed by atoms with E-state index in [0.717, 1.165) is 37.5 Å². The Morgan fingerprint density at radius 3 is 2.62 bits per heavy atom. The number of hydrogen-bond acceptors (Lipinski definition) is 4. The third-order valence-corrected chi connectivity index (χ3v) is 4.79. The average Bonchev–Trinajstić information content (AvgIpc) is 3.13. The van der Waals surface area contributed by atoms with Crippen LogP contribution >= 0.6 is 24.0 Å². The number of amides is 2.